The normalized spacial score (nSPS) is 23.7. The molecule has 1 aromatic rings. The largest absolute Gasteiger partial charge is 0.462 e. The molecule has 2 aliphatic rings. The van der Waals surface area contributed by atoms with Crippen LogP contribution < -0.4 is 5.32 Å². The zero-order chi connectivity index (χ0) is 18.8. The minimum Gasteiger partial charge on any atom is -0.462 e. The molecule has 7 heteroatoms. The summed E-state index contributed by atoms with van der Waals surface area (Å²) in [6, 6.07) is 0. The van der Waals surface area contributed by atoms with E-state index in [2.05, 4.69) is 5.32 Å². The second-order valence-electron chi connectivity index (χ2n) is 6.97. The van der Waals surface area contributed by atoms with Crippen LogP contribution in [0.2, 0.25) is 0 Å². The van der Waals surface area contributed by atoms with Crippen LogP contribution in [-0.4, -0.2) is 31.1 Å². The van der Waals surface area contributed by atoms with Gasteiger partial charge in [-0.3, -0.25) is 4.79 Å². The number of esters is 2. The number of hydrogen-bond acceptors (Lipinski definition) is 6. The summed E-state index contributed by atoms with van der Waals surface area (Å²) in [6.45, 7) is 5.60. The maximum Gasteiger partial charge on any atom is 0.348 e. The van der Waals surface area contributed by atoms with Gasteiger partial charge in [0.1, 0.15) is 9.88 Å². The van der Waals surface area contributed by atoms with Crippen molar-refractivity contribution in [3.05, 3.63) is 16.0 Å². The topological polar surface area (TPSA) is 81.7 Å². The Morgan fingerprint density at radius 1 is 1.08 bits per heavy atom. The van der Waals surface area contributed by atoms with Gasteiger partial charge in [0.05, 0.1) is 18.8 Å². The molecule has 0 aliphatic heterocycles. The van der Waals surface area contributed by atoms with E-state index >= 15 is 0 Å². The molecule has 3 atom stereocenters. The van der Waals surface area contributed by atoms with Crippen molar-refractivity contribution in [2.24, 2.45) is 17.8 Å². The highest BCUT2D eigenvalue weighted by Crippen LogP contribution is 2.49. The molecule has 2 aliphatic carbocycles. The van der Waals surface area contributed by atoms with Gasteiger partial charge in [0.15, 0.2) is 0 Å². The lowest BCUT2D eigenvalue weighted by atomic mass is 9.88. The molecular weight excluding hydrogens is 354 g/mol. The zero-order valence-corrected chi connectivity index (χ0v) is 16.2. The number of amides is 1. The quantitative estimate of drug-likeness (QED) is 0.761. The van der Waals surface area contributed by atoms with Crippen molar-refractivity contribution in [3.63, 3.8) is 0 Å². The second kappa shape index (κ2) is 7.78. The van der Waals surface area contributed by atoms with Gasteiger partial charge in [0.25, 0.3) is 0 Å². The molecule has 6 nitrogen and oxygen atoms in total. The van der Waals surface area contributed by atoms with Gasteiger partial charge in [-0.2, -0.15) is 0 Å². The Morgan fingerprint density at radius 2 is 1.77 bits per heavy atom. The Labute approximate surface area is 157 Å². The van der Waals surface area contributed by atoms with Crippen molar-refractivity contribution in [1.29, 1.82) is 0 Å². The molecule has 2 saturated carbocycles. The molecule has 26 heavy (non-hydrogen) atoms. The number of carbonyl (C=O) groups is 3. The molecule has 1 aromatic heterocycles. The van der Waals surface area contributed by atoms with Crippen LogP contribution in [0, 0.1) is 24.7 Å². The molecule has 1 N–H and O–H groups in total. The number of ether oxygens (including phenoxy) is 2. The van der Waals surface area contributed by atoms with Crippen LogP contribution in [0.1, 0.15) is 65.1 Å². The fraction of sp³-hybridized carbons (Fsp3) is 0.632. The number of hydrogen-bond donors (Lipinski definition) is 1. The Kier molecular flexibility index (Phi) is 5.65. The van der Waals surface area contributed by atoms with E-state index in [-0.39, 0.29) is 30.6 Å². The van der Waals surface area contributed by atoms with Crippen LogP contribution in [0.3, 0.4) is 0 Å². The van der Waals surface area contributed by atoms with Gasteiger partial charge in [-0.1, -0.05) is 6.42 Å². The van der Waals surface area contributed by atoms with Crippen molar-refractivity contribution < 1.29 is 23.9 Å². The lowest BCUT2D eigenvalue weighted by molar-refractivity contribution is -0.121. The van der Waals surface area contributed by atoms with Crippen molar-refractivity contribution in [3.8, 4) is 0 Å². The minimum atomic E-state index is -0.528. The van der Waals surface area contributed by atoms with Gasteiger partial charge in [-0.15, -0.1) is 11.3 Å². The lowest BCUT2D eigenvalue weighted by Gasteiger charge is -2.20. The average molecular weight is 379 g/mol. The van der Waals surface area contributed by atoms with Gasteiger partial charge in [0.2, 0.25) is 5.91 Å². The highest BCUT2D eigenvalue weighted by atomic mass is 32.1. The molecule has 3 rings (SSSR count). The van der Waals surface area contributed by atoms with Crippen LogP contribution >= 0.6 is 11.3 Å². The first kappa shape index (κ1) is 18.9. The first-order valence-electron chi connectivity index (χ1n) is 9.24. The summed E-state index contributed by atoms with van der Waals surface area (Å²) < 4.78 is 10.2. The average Bonchev–Trinajstić information content (AvgIpc) is 3.29. The molecule has 0 radical (unpaired) electrons. The third kappa shape index (κ3) is 3.49. The minimum absolute atomic E-state index is 0.00255. The van der Waals surface area contributed by atoms with Crippen molar-refractivity contribution in [1.82, 2.24) is 0 Å². The highest BCUT2D eigenvalue weighted by molar-refractivity contribution is 7.18. The summed E-state index contributed by atoms with van der Waals surface area (Å²) in [5, 5.41) is 3.29. The number of anilines is 1. The van der Waals surface area contributed by atoms with Crippen LogP contribution in [-0.2, 0) is 14.3 Å². The summed E-state index contributed by atoms with van der Waals surface area (Å²) in [6.07, 6.45) is 4.36. The van der Waals surface area contributed by atoms with E-state index in [4.69, 9.17) is 9.47 Å². The van der Waals surface area contributed by atoms with Gasteiger partial charge >= 0.3 is 11.9 Å². The highest BCUT2D eigenvalue weighted by Gasteiger charge is 2.43. The second-order valence-corrected chi connectivity index (χ2v) is 7.99. The molecule has 1 heterocycles. The van der Waals surface area contributed by atoms with E-state index < -0.39 is 11.9 Å². The molecule has 0 saturated heterocycles. The summed E-state index contributed by atoms with van der Waals surface area (Å²) in [5.74, 6) is 0.0229. The molecule has 0 aromatic carbocycles. The molecule has 0 unspecified atom stereocenters. The van der Waals surface area contributed by atoms with Gasteiger partial charge < -0.3 is 14.8 Å². The number of nitrogens with one attached hydrogen (secondary N) is 1. The van der Waals surface area contributed by atoms with Crippen molar-refractivity contribution >= 4 is 34.2 Å². The van der Waals surface area contributed by atoms with Gasteiger partial charge in [0, 0.05) is 5.92 Å². The van der Waals surface area contributed by atoms with Crippen molar-refractivity contribution in [2.45, 2.75) is 46.5 Å². The third-order valence-corrected chi connectivity index (χ3v) is 6.59. The zero-order valence-electron chi connectivity index (χ0n) is 15.4. The Hall–Kier alpha value is -1.89. The van der Waals surface area contributed by atoms with E-state index in [1.165, 1.54) is 6.42 Å². The summed E-state index contributed by atoms with van der Waals surface area (Å²) >= 11 is 1.09. The first-order valence-corrected chi connectivity index (χ1v) is 10.1. The lowest BCUT2D eigenvalue weighted by Crippen LogP contribution is -2.27. The fourth-order valence-corrected chi connectivity index (χ4v) is 5.30. The molecule has 1 amide bonds. The molecule has 0 spiro atoms. The number of fused-ring (bicyclic) bond motifs is 2. The van der Waals surface area contributed by atoms with Crippen LogP contribution in [0.15, 0.2) is 0 Å². The standard InChI is InChI=1S/C19H25NO5S/c1-4-24-18(22)14-10(3)15(19(23)25-5-2)26-17(14)20-16(21)13-9-11-6-7-12(13)8-11/h11-13H,4-9H2,1-3H3,(H,20,21)/t11-,12-,13+/m1/s1. The van der Waals surface area contributed by atoms with Crippen molar-refractivity contribution in [2.75, 3.05) is 18.5 Å². The molecule has 2 bridgehead atoms. The smallest absolute Gasteiger partial charge is 0.348 e. The van der Waals surface area contributed by atoms with E-state index in [1.807, 2.05) is 0 Å². The monoisotopic (exact) mass is 379 g/mol. The Bertz CT molecular complexity index is 726. The maximum absolute atomic E-state index is 12.8. The number of carbonyl (C=O) groups excluding carboxylic acids is 3. The molecule has 142 valence electrons. The summed E-state index contributed by atoms with van der Waals surface area (Å²) in [4.78, 5) is 37.7. The van der Waals surface area contributed by atoms with Crippen LogP contribution in [0.4, 0.5) is 5.00 Å². The van der Waals surface area contributed by atoms with Gasteiger partial charge in [-0.25, -0.2) is 9.59 Å². The summed E-state index contributed by atoms with van der Waals surface area (Å²) in [5.41, 5.74) is 0.756. The van der Waals surface area contributed by atoms with E-state index in [1.54, 1.807) is 20.8 Å². The Balaban J connectivity index is 1.86. The Morgan fingerprint density at radius 3 is 2.35 bits per heavy atom. The fourth-order valence-electron chi connectivity index (χ4n) is 4.21. The maximum atomic E-state index is 12.8. The summed E-state index contributed by atoms with van der Waals surface area (Å²) in [7, 11) is 0. The van der Waals surface area contributed by atoms with Gasteiger partial charge in [-0.05, 0) is 57.4 Å². The molecular formula is C19H25NO5S. The molecule has 2 fully saturated rings. The van der Waals surface area contributed by atoms with Crippen LogP contribution in [0.5, 0.6) is 0 Å². The number of rotatable bonds is 6. The predicted octanol–water partition coefficient (Wildman–Crippen LogP) is 3.78. The number of thiophene rings is 1. The van der Waals surface area contributed by atoms with Crippen LogP contribution in [0.25, 0.3) is 0 Å². The SMILES string of the molecule is CCOC(=O)c1sc(NC(=O)[C@H]2C[C@@H]3CC[C@@H]2C3)c(C(=O)OCC)c1C. The first-order chi connectivity index (χ1) is 12.5. The van der Waals surface area contributed by atoms with E-state index in [0.29, 0.717) is 27.3 Å². The predicted molar refractivity (Wildman–Crippen MR) is 98.5 cm³/mol. The third-order valence-electron chi connectivity index (χ3n) is 5.40. The van der Waals surface area contributed by atoms with E-state index in [0.717, 1.165) is 30.6 Å². The van der Waals surface area contributed by atoms with E-state index in [9.17, 15) is 14.4 Å².